The molecule has 0 bridgehead atoms. The molecule has 1 aliphatic carbocycles. The van der Waals surface area contributed by atoms with Crippen LogP contribution in [0.2, 0.25) is 0 Å². The summed E-state index contributed by atoms with van der Waals surface area (Å²) in [5.41, 5.74) is 0.0617. The van der Waals surface area contributed by atoms with Crippen LogP contribution in [0.5, 0.6) is 0 Å². The second-order valence-electron chi connectivity index (χ2n) is 5.70. The molecule has 4 nitrogen and oxygen atoms in total. The fourth-order valence-electron chi connectivity index (χ4n) is 2.27. The van der Waals surface area contributed by atoms with Gasteiger partial charge in [-0.3, -0.25) is 4.79 Å². The monoisotopic (exact) mass is 261 g/mol. The number of rotatable bonds is 5. The van der Waals surface area contributed by atoms with Crippen LogP contribution in [-0.4, -0.2) is 22.5 Å². The van der Waals surface area contributed by atoms with Crippen LogP contribution in [0.3, 0.4) is 0 Å². The lowest BCUT2D eigenvalue weighted by molar-refractivity contribution is -0.146. The molecule has 102 valence electrons. The van der Waals surface area contributed by atoms with Crippen LogP contribution in [-0.2, 0) is 9.59 Å². The summed E-state index contributed by atoms with van der Waals surface area (Å²) in [5.74, 6) is -0.418. The van der Waals surface area contributed by atoms with Crippen LogP contribution in [0.15, 0.2) is 30.3 Å². The fraction of sp³-hybridized carbons (Fsp3) is 0.467. The minimum atomic E-state index is -1.20. The number of nitrogens with one attached hydrogen (secondary N) is 1. The van der Waals surface area contributed by atoms with E-state index in [2.05, 4.69) is 17.4 Å². The molecule has 2 N–H and O–H groups in total. The van der Waals surface area contributed by atoms with E-state index in [1.807, 2.05) is 18.2 Å². The van der Waals surface area contributed by atoms with Gasteiger partial charge in [-0.2, -0.15) is 0 Å². The lowest BCUT2D eigenvalue weighted by atomic mass is 10.0. The van der Waals surface area contributed by atoms with E-state index in [0.717, 1.165) is 6.42 Å². The molecule has 2 atom stereocenters. The van der Waals surface area contributed by atoms with Gasteiger partial charge in [0.15, 0.2) is 0 Å². The lowest BCUT2D eigenvalue weighted by Crippen LogP contribution is -2.49. The average Bonchev–Trinajstić information content (AvgIpc) is 3.08. The van der Waals surface area contributed by atoms with Gasteiger partial charge in [0.05, 0.1) is 0 Å². The highest BCUT2D eigenvalue weighted by Crippen LogP contribution is 2.49. The molecule has 1 aromatic rings. The summed E-state index contributed by atoms with van der Waals surface area (Å²) in [6.45, 7) is 2.99. The summed E-state index contributed by atoms with van der Waals surface area (Å²) in [6.07, 6.45) is 1.40. The predicted octanol–water partition coefficient (Wildman–Crippen LogP) is 2.16. The van der Waals surface area contributed by atoms with E-state index in [4.69, 9.17) is 5.11 Å². The molecule has 0 aromatic heterocycles. The molecule has 1 fully saturated rings. The number of carbonyl (C=O) groups excluding carboxylic acids is 1. The number of amides is 1. The zero-order chi connectivity index (χ0) is 14.0. The van der Waals surface area contributed by atoms with Crippen molar-refractivity contribution in [1.29, 1.82) is 0 Å². The normalized spacial score (nSPS) is 21.8. The fourth-order valence-corrected chi connectivity index (χ4v) is 2.27. The van der Waals surface area contributed by atoms with E-state index in [9.17, 15) is 9.59 Å². The van der Waals surface area contributed by atoms with Crippen LogP contribution in [0.25, 0.3) is 0 Å². The zero-order valence-electron chi connectivity index (χ0n) is 11.2. The Balaban J connectivity index is 1.85. The van der Waals surface area contributed by atoms with Gasteiger partial charge in [0.2, 0.25) is 5.91 Å². The SMILES string of the molecule is CC(C)(NC(=O)C[C@@H]1C[C@H]1c1ccccc1)C(=O)O. The quantitative estimate of drug-likeness (QED) is 0.853. The second-order valence-corrected chi connectivity index (χ2v) is 5.70. The molecule has 4 heteroatoms. The Morgan fingerprint density at radius 1 is 1.32 bits per heavy atom. The van der Waals surface area contributed by atoms with Crippen molar-refractivity contribution >= 4 is 11.9 Å². The van der Waals surface area contributed by atoms with Gasteiger partial charge in [0, 0.05) is 6.42 Å². The molecule has 1 aromatic carbocycles. The molecular weight excluding hydrogens is 242 g/mol. The van der Waals surface area contributed by atoms with E-state index in [0.29, 0.717) is 18.3 Å². The molecule has 0 spiro atoms. The highest BCUT2D eigenvalue weighted by Gasteiger charge is 2.40. The number of hydrogen-bond acceptors (Lipinski definition) is 2. The number of carboxylic acid groups (broad SMARTS) is 1. The molecule has 0 unspecified atom stereocenters. The molecule has 1 amide bonds. The highest BCUT2D eigenvalue weighted by molar-refractivity contribution is 5.86. The van der Waals surface area contributed by atoms with Crippen molar-refractivity contribution in [1.82, 2.24) is 5.32 Å². The Labute approximate surface area is 112 Å². The first kappa shape index (κ1) is 13.6. The Bertz CT molecular complexity index is 481. The van der Waals surface area contributed by atoms with E-state index in [1.54, 1.807) is 0 Å². The highest BCUT2D eigenvalue weighted by atomic mass is 16.4. The molecule has 0 radical (unpaired) electrons. The summed E-state index contributed by atoms with van der Waals surface area (Å²) in [5, 5.41) is 11.5. The molecule has 0 heterocycles. The third-order valence-corrected chi connectivity index (χ3v) is 3.58. The van der Waals surface area contributed by atoms with Crippen LogP contribution in [0.1, 0.15) is 38.2 Å². The van der Waals surface area contributed by atoms with Gasteiger partial charge in [0.1, 0.15) is 5.54 Å². The first-order valence-electron chi connectivity index (χ1n) is 6.49. The van der Waals surface area contributed by atoms with E-state index >= 15 is 0 Å². The average molecular weight is 261 g/mol. The minimum Gasteiger partial charge on any atom is -0.480 e. The minimum absolute atomic E-state index is 0.184. The second kappa shape index (κ2) is 5.03. The zero-order valence-corrected chi connectivity index (χ0v) is 11.2. The van der Waals surface area contributed by atoms with Crippen LogP contribution >= 0.6 is 0 Å². The molecule has 19 heavy (non-hydrogen) atoms. The molecule has 0 aliphatic heterocycles. The number of hydrogen-bond donors (Lipinski definition) is 2. The Morgan fingerprint density at radius 2 is 1.95 bits per heavy atom. The van der Waals surface area contributed by atoms with Crippen LogP contribution < -0.4 is 5.32 Å². The van der Waals surface area contributed by atoms with Gasteiger partial charge in [-0.05, 0) is 37.7 Å². The van der Waals surface area contributed by atoms with E-state index in [-0.39, 0.29) is 5.91 Å². The van der Waals surface area contributed by atoms with Crippen LogP contribution in [0, 0.1) is 5.92 Å². The third kappa shape index (κ3) is 3.34. The number of carboxylic acids is 1. The summed E-state index contributed by atoms with van der Waals surface area (Å²) < 4.78 is 0. The Hall–Kier alpha value is -1.84. The van der Waals surface area contributed by atoms with E-state index < -0.39 is 11.5 Å². The molecule has 0 saturated heterocycles. The maximum Gasteiger partial charge on any atom is 0.328 e. The maximum absolute atomic E-state index is 11.8. The summed E-state index contributed by atoms with van der Waals surface area (Å²) in [7, 11) is 0. The van der Waals surface area contributed by atoms with Gasteiger partial charge in [0.25, 0.3) is 0 Å². The van der Waals surface area contributed by atoms with E-state index in [1.165, 1.54) is 19.4 Å². The van der Waals surface area contributed by atoms with Gasteiger partial charge in [-0.25, -0.2) is 4.79 Å². The number of aliphatic carboxylic acids is 1. The van der Waals surface area contributed by atoms with Crippen molar-refractivity contribution in [3.63, 3.8) is 0 Å². The number of benzene rings is 1. The van der Waals surface area contributed by atoms with Crippen molar-refractivity contribution in [2.75, 3.05) is 0 Å². The Kier molecular flexibility index (Phi) is 3.60. The van der Waals surface area contributed by atoms with Crippen molar-refractivity contribution in [2.45, 2.75) is 38.1 Å². The topological polar surface area (TPSA) is 66.4 Å². The van der Waals surface area contributed by atoms with Gasteiger partial charge < -0.3 is 10.4 Å². The standard InChI is InChI=1S/C15H19NO3/c1-15(2,14(18)19)16-13(17)9-11-8-12(11)10-6-4-3-5-7-10/h3-7,11-12H,8-9H2,1-2H3,(H,16,17)(H,18,19)/t11-,12-/m0/s1. The van der Waals surface area contributed by atoms with Crippen molar-refractivity contribution in [2.24, 2.45) is 5.92 Å². The molecule has 2 rings (SSSR count). The largest absolute Gasteiger partial charge is 0.480 e. The molecule has 1 aliphatic rings. The maximum atomic E-state index is 11.8. The summed E-state index contributed by atoms with van der Waals surface area (Å²) >= 11 is 0. The van der Waals surface area contributed by atoms with Crippen molar-refractivity contribution < 1.29 is 14.7 Å². The Morgan fingerprint density at radius 3 is 2.53 bits per heavy atom. The molecule has 1 saturated carbocycles. The van der Waals surface area contributed by atoms with Crippen molar-refractivity contribution in [3.8, 4) is 0 Å². The van der Waals surface area contributed by atoms with Gasteiger partial charge in [-0.15, -0.1) is 0 Å². The van der Waals surface area contributed by atoms with Crippen molar-refractivity contribution in [3.05, 3.63) is 35.9 Å². The summed E-state index contributed by atoms with van der Waals surface area (Å²) in [6, 6.07) is 10.1. The predicted molar refractivity (Wildman–Crippen MR) is 71.8 cm³/mol. The lowest BCUT2D eigenvalue weighted by Gasteiger charge is -2.20. The van der Waals surface area contributed by atoms with Crippen LogP contribution in [0.4, 0.5) is 0 Å². The molecular formula is C15H19NO3. The smallest absolute Gasteiger partial charge is 0.328 e. The van der Waals surface area contributed by atoms with Gasteiger partial charge >= 0.3 is 5.97 Å². The number of carbonyl (C=O) groups is 2. The third-order valence-electron chi connectivity index (χ3n) is 3.58. The summed E-state index contributed by atoms with van der Waals surface area (Å²) in [4.78, 5) is 22.7. The first-order valence-corrected chi connectivity index (χ1v) is 6.49. The first-order chi connectivity index (χ1) is 8.90. The van der Waals surface area contributed by atoms with Gasteiger partial charge in [-0.1, -0.05) is 30.3 Å².